The zero-order chi connectivity index (χ0) is 8.15. The second-order valence-electron chi connectivity index (χ2n) is 1.87. The van der Waals surface area contributed by atoms with Crippen molar-refractivity contribution in [2.75, 3.05) is 6.61 Å². The molecule has 0 aliphatic carbocycles. The number of hydrogen-bond donors (Lipinski definition) is 4. The van der Waals surface area contributed by atoms with Gasteiger partial charge in [0.15, 0.2) is 6.29 Å². The van der Waals surface area contributed by atoms with Crippen molar-refractivity contribution in [1.29, 1.82) is 0 Å². The van der Waals surface area contributed by atoms with Crippen molar-refractivity contribution in [2.45, 2.75) is 18.3 Å². The summed E-state index contributed by atoms with van der Waals surface area (Å²) in [5.74, 6) is 0. The van der Waals surface area contributed by atoms with E-state index >= 15 is 0 Å². The van der Waals surface area contributed by atoms with Crippen LogP contribution in [0.2, 0.25) is 0 Å². The lowest BCUT2D eigenvalue weighted by Crippen LogP contribution is -2.40. The molecular weight excluding hydrogens is 152 g/mol. The Morgan fingerprint density at radius 2 is 1.73 bits per heavy atom. The van der Waals surface area contributed by atoms with Crippen molar-refractivity contribution in [3.63, 3.8) is 0 Å². The smallest absolute Gasteiger partial charge is 0.151 e. The average molecular weight is 162 g/mol. The molecule has 0 fully saturated rings. The van der Waals surface area contributed by atoms with Gasteiger partial charge in [0.05, 0.1) is 6.61 Å². The molecule has 0 aromatic carbocycles. The minimum absolute atomic E-state index is 0. The van der Waals surface area contributed by atoms with Gasteiger partial charge in [-0.25, -0.2) is 0 Å². The third-order valence-corrected chi connectivity index (χ3v) is 1.07. The standard InChI is InChI=1S/C5H10O5.C/c6-1-3(8)5(10)4(9)2-7;/h1,3-5,7-10H,2H2;/t3-,4+,5-;/m0./s1. The summed E-state index contributed by atoms with van der Waals surface area (Å²) in [7, 11) is 0. The van der Waals surface area contributed by atoms with E-state index in [4.69, 9.17) is 20.4 Å². The Morgan fingerprint density at radius 1 is 1.27 bits per heavy atom. The summed E-state index contributed by atoms with van der Waals surface area (Å²) < 4.78 is 0. The molecule has 4 N–H and O–H groups in total. The summed E-state index contributed by atoms with van der Waals surface area (Å²) in [5.41, 5.74) is 0. The Bertz CT molecular complexity index is 105. The van der Waals surface area contributed by atoms with Gasteiger partial charge < -0.3 is 25.2 Å². The van der Waals surface area contributed by atoms with E-state index in [1.165, 1.54) is 0 Å². The molecule has 0 aromatic rings. The van der Waals surface area contributed by atoms with Gasteiger partial charge in [-0.15, -0.1) is 0 Å². The van der Waals surface area contributed by atoms with Crippen LogP contribution in [0.1, 0.15) is 0 Å². The molecule has 5 heteroatoms. The fourth-order valence-electron chi connectivity index (χ4n) is 0.416. The minimum Gasteiger partial charge on any atom is -0.394 e. The first-order chi connectivity index (χ1) is 4.63. The van der Waals surface area contributed by atoms with E-state index in [-0.39, 0.29) is 13.7 Å². The van der Waals surface area contributed by atoms with E-state index in [1.807, 2.05) is 0 Å². The zero-order valence-electron chi connectivity index (χ0n) is 5.71. The van der Waals surface area contributed by atoms with Gasteiger partial charge in [0.1, 0.15) is 18.3 Å². The second kappa shape index (κ2) is 6.23. The molecule has 11 heavy (non-hydrogen) atoms. The van der Waals surface area contributed by atoms with Gasteiger partial charge >= 0.3 is 0 Å². The van der Waals surface area contributed by atoms with Crippen molar-refractivity contribution >= 4 is 6.29 Å². The second-order valence-corrected chi connectivity index (χ2v) is 1.87. The third kappa shape index (κ3) is 4.05. The van der Waals surface area contributed by atoms with E-state index in [0.29, 0.717) is 0 Å². The first-order valence-corrected chi connectivity index (χ1v) is 2.73. The number of aldehydes is 1. The maximum absolute atomic E-state index is 9.76. The number of rotatable bonds is 4. The summed E-state index contributed by atoms with van der Waals surface area (Å²) in [6.45, 7) is -0.688. The lowest BCUT2D eigenvalue weighted by atomic mass is 10.1. The number of aliphatic hydroxyl groups excluding tert-OH is 4. The van der Waals surface area contributed by atoms with Gasteiger partial charge in [0.25, 0.3) is 0 Å². The lowest BCUT2D eigenvalue weighted by molar-refractivity contribution is -0.127. The topological polar surface area (TPSA) is 98.0 Å². The predicted molar refractivity (Wildman–Crippen MR) is 34.4 cm³/mol. The number of carbonyl (C=O) groups excluding carboxylic acids is 1. The third-order valence-electron chi connectivity index (χ3n) is 1.07. The fourth-order valence-corrected chi connectivity index (χ4v) is 0.416. The molecule has 0 heterocycles. The van der Waals surface area contributed by atoms with Crippen LogP contribution in [0.3, 0.4) is 0 Å². The summed E-state index contributed by atoms with van der Waals surface area (Å²) in [6.07, 6.45) is -4.63. The monoisotopic (exact) mass is 162 g/mol. The molecule has 4 radical (unpaired) electrons. The molecule has 0 bridgehead atoms. The normalized spacial score (nSPS) is 17.8. The molecule has 0 rings (SSSR count). The van der Waals surface area contributed by atoms with Gasteiger partial charge in [0, 0.05) is 7.43 Å². The minimum atomic E-state index is -1.64. The molecule has 3 atom stereocenters. The summed E-state index contributed by atoms with van der Waals surface area (Å²) in [4.78, 5) is 9.76. The highest BCUT2D eigenvalue weighted by Gasteiger charge is 2.22. The molecule has 0 aromatic heterocycles. The summed E-state index contributed by atoms with van der Waals surface area (Å²) in [6, 6.07) is 0. The average Bonchev–Trinajstić information content (AvgIpc) is 2.00. The number of carbonyl (C=O) groups is 1. The van der Waals surface area contributed by atoms with E-state index < -0.39 is 24.9 Å². The van der Waals surface area contributed by atoms with Crippen LogP contribution in [-0.4, -0.2) is 51.6 Å². The largest absolute Gasteiger partial charge is 0.394 e. The highest BCUT2D eigenvalue weighted by molar-refractivity contribution is 5.56. The van der Waals surface area contributed by atoms with Crippen LogP contribution in [0.15, 0.2) is 0 Å². The molecule has 0 saturated heterocycles. The van der Waals surface area contributed by atoms with Gasteiger partial charge in [-0.2, -0.15) is 0 Å². The van der Waals surface area contributed by atoms with Crippen LogP contribution in [0, 0.1) is 7.43 Å². The predicted octanol–water partition coefficient (Wildman–Crippen LogP) is -2.66. The first kappa shape index (κ1) is 13.1. The van der Waals surface area contributed by atoms with Crippen LogP contribution >= 0.6 is 0 Å². The molecule has 0 aliphatic rings. The van der Waals surface area contributed by atoms with E-state index in [1.54, 1.807) is 0 Å². The van der Waals surface area contributed by atoms with Gasteiger partial charge in [-0.05, 0) is 0 Å². The number of aliphatic hydroxyl groups is 4. The van der Waals surface area contributed by atoms with Crippen molar-refractivity contribution in [3.8, 4) is 0 Å². The summed E-state index contributed by atoms with van der Waals surface area (Å²) in [5, 5.41) is 34.1. The van der Waals surface area contributed by atoms with Gasteiger partial charge in [-0.3, -0.25) is 0 Å². The van der Waals surface area contributed by atoms with Crippen LogP contribution in [0.5, 0.6) is 0 Å². The van der Waals surface area contributed by atoms with E-state index in [0.717, 1.165) is 0 Å². The highest BCUT2D eigenvalue weighted by atomic mass is 16.4. The van der Waals surface area contributed by atoms with Crippen LogP contribution in [-0.2, 0) is 4.79 Å². The maximum atomic E-state index is 9.76. The quantitative estimate of drug-likeness (QED) is 0.338. The van der Waals surface area contributed by atoms with Crippen molar-refractivity contribution < 1.29 is 25.2 Å². The molecule has 0 spiro atoms. The molecule has 0 amide bonds. The maximum Gasteiger partial charge on any atom is 0.151 e. The molecule has 0 unspecified atom stereocenters. The molecule has 0 aliphatic heterocycles. The van der Waals surface area contributed by atoms with E-state index in [9.17, 15) is 4.79 Å². The Balaban J connectivity index is 0. The number of hydrogen-bond acceptors (Lipinski definition) is 5. The van der Waals surface area contributed by atoms with Crippen LogP contribution in [0.4, 0.5) is 0 Å². The van der Waals surface area contributed by atoms with Crippen molar-refractivity contribution in [2.24, 2.45) is 0 Å². The fraction of sp³-hybridized carbons (Fsp3) is 0.667. The Labute approximate surface area is 64.9 Å². The highest BCUT2D eigenvalue weighted by Crippen LogP contribution is 1.96. The Morgan fingerprint density at radius 3 is 2.00 bits per heavy atom. The van der Waals surface area contributed by atoms with Crippen molar-refractivity contribution in [3.05, 3.63) is 7.43 Å². The molecule has 5 nitrogen and oxygen atoms in total. The van der Waals surface area contributed by atoms with Crippen molar-refractivity contribution in [1.82, 2.24) is 0 Å². The Hall–Kier alpha value is -0.490. The van der Waals surface area contributed by atoms with Crippen LogP contribution in [0.25, 0.3) is 0 Å². The Kier molecular flexibility index (Phi) is 7.44. The van der Waals surface area contributed by atoms with Gasteiger partial charge in [-0.1, -0.05) is 0 Å². The zero-order valence-corrected chi connectivity index (χ0v) is 5.71. The first-order valence-electron chi connectivity index (χ1n) is 2.73. The lowest BCUT2D eigenvalue weighted by Gasteiger charge is -2.16. The van der Waals surface area contributed by atoms with Gasteiger partial charge in [0.2, 0.25) is 0 Å². The van der Waals surface area contributed by atoms with Crippen LogP contribution < -0.4 is 0 Å². The molecule has 64 valence electrons. The molecule has 0 saturated carbocycles. The summed E-state index contributed by atoms with van der Waals surface area (Å²) >= 11 is 0. The SMILES string of the molecule is O=C[C@H](O)[C@H](O)[C@H](O)CO.[C]. The van der Waals surface area contributed by atoms with E-state index in [2.05, 4.69) is 0 Å². The molecular formula is C6H10O5.